The highest BCUT2D eigenvalue weighted by molar-refractivity contribution is 5.72. The molecule has 0 atom stereocenters. The molecule has 2 aliphatic rings. The fraction of sp³-hybridized carbons (Fsp3) is 0.444. The number of aliphatic hydroxyl groups excluding tert-OH is 1. The van der Waals surface area contributed by atoms with Crippen molar-refractivity contribution in [3.05, 3.63) is 36.2 Å². The largest absolute Gasteiger partial charge is 0.389 e. The zero-order valence-electron chi connectivity index (χ0n) is 13.9. The SMILES string of the molecule is Cc1ncccc1-c1cc(N2CCOCC2)nc(N2CC(O)C2)c1. The monoisotopic (exact) mass is 326 g/mol. The molecule has 24 heavy (non-hydrogen) atoms. The van der Waals surface area contributed by atoms with E-state index in [2.05, 4.69) is 33.0 Å². The summed E-state index contributed by atoms with van der Waals surface area (Å²) in [5.74, 6) is 1.89. The Morgan fingerprint density at radius 3 is 2.50 bits per heavy atom. The van der Waals surface area contributed by atoms with Gasteiger partial charge in [-0.05, 0) is 30.7 Å². The summed E-state index contributed by atoms with van der Waals surface area (Å²) >= 11 is 0. The molecule has 0 spiro atoms. The van der Waals surface area contributed by atoms with Crippen molar-refractivity contribution in [2.24, 2.45) is 0 Å². The standard InChI is InChI=1S/C18H22N4O2/c1-13-16(3-2-4-19-13)14-9-17(21-5-7-24-8-6-21)20-18(10-14)22-11-15(23)12-22/h2-4,9-10,15,23H,5-8,11-12H2,1H3. The maximum atomic E-state index is 9.62. The van der Waals surface area contributed by atoms with Crippen LogP contribution in [-0.4, -0.2) is 60.6 Å². The Bertz CT molecular complexity index is 725. The molecule has 6 heteroatoms. The number of pyridine rings is 2. The van der Waals surface area contributed by atoms with E-state index in [-0.39, 0.29) is 6.10 Å². The summed E-state index contributed by atoms with van der Waals surface area (Å²) in [6, 6.07) is 8.29. The van der Waals surface area contributed by atoms with Gasteiger partial charge in [-0.25, -0.2) is 4.98 Å². The van der Waals surface area contributed by atoms with Gasteiger partial charge in [-0.1, -0.05) is 6.07 Å². The highest BCUT2D eigenvalue weighted by Gasteiger charge is 2.27. The minimum atomic E-state index is -0.248. The number of nitrogens with zero attached hydrogens (tertiary/aromatic N) is 4. The van der Waals surface area contributed by atoms with Crippen LogP contribution in [-0.2, 0) is 4.74 Å². The van der Waals surface area contributed by atoms with E-state index in [0.29, 0.717) is 13.1 Å². The zero-order chi connectivity index (χ0) is 16.5. The molecule has 1 N–H and O–H groups in total. The second-order valence-corrected chi connectivity index (χ2v) is 6.37. The van der Waals surface area contributed by atoms with Gasteiger partial charge in [-0.15, -0.1) is 0 Å². The first kappa shape index (κ1) is 15.4. The van der Waals surface area contributed by atoms with Gasteiger partial charge in [0, 0.05) is 43.6 Å². The van der Waals surface area contributed by atoms with Crippen LogP contribution in [0.5, 0.6) is 0 Å². The molecule has 0 radical (unpaired) electrons. The lowest BCUT2D eigenvalue weighted by atomic mass is 10.0. The van der Waals surface area contributed by atoms with E-state index in [0.717, 1.165) is 54.8 Å². The van der Waals surface area contributed by atoms with Crippen molar-refractivity contribution in [1.82, 2.24) is 9.97 Å². The van der Waals surface area contributed by atoms with Crippen molar-refractivity contribution in [2.75, 3.05) is 49.2 Å². The molecule has 2 aliphatic heterocycles. The smallest absolute Gasteiger partial charge is 0.131 e. The van der Waals surface area contributed by atoms with E-state index in [4.69, 9.17) is 9.72 Å². The number of rotatable bonds is 3. The normalized spacial score (nSPS) is 18.6. The predicted octanol–water partition coefficient (Wildman–Crippen LogP) is 1.47. The topological polar surface area (TPSA) is 61.7 Å². The van der Waals surface area contributed by atoms with E-state index >= 15 is 0 Å². The summed E-state index contributed by atoms with van der Waals surface area (Å²) in [7, 11) is 0. The van der Waals surface area contributed by atoms with Gasteiger partial charge in [-0.3, -0.25) is 4.98 Å². The third kappa shape index (κ3) is 2.95. The van der Waals surface area contributed by atoms with Gasteiger partial charge in [0.1, 0.15) is 11.6 Å². The molecule has 0 saturated carbocycles. The van der Waals surface area contributed by atoms with Crippen LogP contribution in [0.3, 0.4) is 0 Å². The molecule has 0 amide bonds. The molecule has 4 rings (SSSR count). The van der Waals surface area contributed by atoms with Crippen molar-refractivity contribution in [3.8, 4) is 11.1 Å². The lowest BCUT2D eigenvalue weighted by Crippen LogP contribution is -2.51. The van der Waals surface area contributed by atoms with Crippen LogP contribution < -0.4 is 9.80 Å². The minimum absolute atomic E-state index is 0.248. The molecule has 2 aromatic rings. The zero-order valence-corrected chi connectivity index (χ0v) is 13.9. The number of β-amino-alcohol motifs (C(OH)–C–C–N with tert-alkyl or cyclic N) is 1. The molecule has 0 aromatic carbocycles. The van der Waals surface area contributed by atoms with Crippen molar-refractivity contribution in [1.29, 1.82) is 0 Å². The van der Waals surface area contributed by atoms with Crippen LogP contribution in [0, 0.1) is 6.92 Å². The lowest BCUT2D eigenvalue weighted by Gasteiger charge is -2.38. The van der Waals surface area contributed by atoms with Crippen LogP contribution in [0.25, 0.3) is 11.1 Å². The van der Waals surface area contributed by atoms with Crippen LogP contribution in [0.2, 0.25) is 0 Å². The van der Waals surface area contributed by atoms with Gasteiger partial charge in [-0.2, -0.15) is 0 Å². The Hall–Kier alpha value is -2.18. The Kier molecular flexibility index (Phi) is 4.08. The average molecular weight is 326 g/mol. The van der Waals surface area contributed by atoms with Crippen molar-refractivity contribution < 1.29 is 9.84 Å². The van der Waals surface area contributed by atoms with E-state index in [9.17, 15) is 5.11 Å². The van der Waals surface area contributed by atoms with Crippen molar-refractivity contribution >= 4 is 11.6 Å². The summed E-state index contributed by atoms with van der Waals surface area (Å²) in [5, 5.41) is 9.62. The number of aryl methyl sites for hydroxylation is 1. The number of aromatic nitrogens is 2. The fourth-order valence-electron chi connectivity index (χ4n) is 3.21. The van der Waals surface area contributed by atoms with E-state index < -0.39 is 0 Å². The molecule has 6 nitrogen and oxygen atoms in total. The third-order valence-electron chi connectivity index (χ3n) is 4.64. The predicted molar refractivity (Wildman–Crippen MR) is 93.5 cm³/mol. The molecule has 2 aromatic heterocycles. The minimum Gasteiger partial charge on any atom is -0.389 e. The second-order valence-electron chi connectivity index (χ2n) is 6.37. The summed E-state index contributed by atoms with van der Waals surface area (Å²) in [4.78, 5) is 13.6. The number of aliphatic hydroxyl groups is 1. The fourth-order valence-corrected chi connectivity index (χ4v) is 3.21. The van der Waals surface area contributed by atoms with Gasteiger partial charge in [0.15, 0.2) is 0 Å². The summed E-state index contributed by atoms with van der Waals surface area (Å²) in [6.45, 7) is 6.48. The van der Waals surface area contributed by atoms with E-state index in [1.54, 1.807) is 0 Å². The van der Waals surface area contributed by atoms with Crippen molar-refractivity contribution in [3.63, 3.8) is 0 Å². The Labute approximate surface area is 141 Å². The van der Waals surface area contributed by atoms with Crippen LogP contribution >= 0.6 is 0 Å². The maximum absolute atomic E-state index is 9.62. The number of morpholine rings is 1. The van der Waals surface area contributed by atoms with E-state index in [1.165, 1.54) is 0 Å². The first-order chi connectivity index (χ1) is 11.7. The molecule has 0 unspecified atom stereocenters. The molecular weight excluding hydrogens is 304 g/mol. The summed E-state index contributed by atoms with van der Waals surface area (Å²) < 4.78 is 5.46. The molecule has 2 saturated heterocycles. The number of ether oxygens (including phenoxy) is 1. The average Bonchev–Trinajstić information content (AvgIpc) is 2.60. The Morgan fingerprint density at radius 1 is 1.12 bits per heavy atom. The van der Waals surface area contributed by atoms with Gasteiger partial charge >= 0.3 is 0 Å². The molecule has 126 valence electrons. The quantitative estimate of drug-likeness (QED) is 0.922. The van der Waals surface area contributed by atoms with Gasteiger partial charge in [0.25, 0.3) is 0 Å². The summed E-state index contributed by atoms with van der Waals surface area (Å²) in [6.07, 6.45) is 1.57. The van der Waals surface area contributed by atoms with Crippen LogP contribution in [0.4, 0.5) is 11.6 Å². The third-order valence-corrected chi connectivity index (χ3v) is 4.64. The number of hydrogen-bond donors (Lipinski definition) is 1. The lowest BCUT2D eigenvalue weighted by molar-refractivity contribution is 0.122. The first-order valence-electron chi connectivity index (χ1n) is 8.40. The Balaban J connectivity index is 1.74. The van der Waals surface area contributed by atoms with E-state index in [1.807, 2.05) is 19.2 Å². The van der Waals surface area contributed by atoms with Gasteiger partial charge in [0.2, 0.25) is 0 Å². The van der Waals surface area contributed by atoms with Crippen LogP contribution in [0.15, 0.2) is 30.5 Å². The number of anilines is 2. The highest BCUT2D eigenvalue weighted by Crippen LogP contribution is 2.31. The number of hydrogen-bond acceptors (Lipinski definition) is 6. The molecule has 2 fully saturated rings. The van der Waals surface area contributed by atoms with Gasteiger partial charge in [0.05, 0.1) is 19.3 Å². The molecule has 0 aliphatic carbocycles. The van der Waals surface area contributed by atoms with Crippen molar-refractivity contribution in [2.45, 2.75) is 13.0 Å². The Morgan fingerprint density at radius 2 is 1.83 bits per heavy atom. The molecule has 0 bridgehead atoms. The molecular formula is C18H22N4O2. The van der Waals surface area contributed by atoms with Crippen LogP contribution in [0.1, 0.15) is 5.69 Å². The first-order valence-corrected chi connectivity index (χ1v) is 8.40. The van der Waals surface area contributed by atoms with Gasteiger partial charge < -0.3 is 19.6 Å². The summed E-state index contributed by atoms with van der Waals surface area (Å²) in [5.41, 5.74) is 3.25. The second kappa shape index (κ2) is 6.37. The molecule has 4 heterocycles. The maximum Gasteiger partial charge on any atom is 0.131 e. The highest BCUT2D eigenvalue weighted by atomic mass is 16.5.